The molecule has 2 amide bonds. The number of carbonyl (C=O) groups excluding carboxylic acids is 2. The summed E-state index contributed by atoms with van der Waals surface area (Å²) in [5.74, 6) is -0.218. The molecular weight excluding hydrogens is 208 g/mol. The van der Waals surface area contributed by atoms with Gasteiger partial charge in [-0.25, -0.2) is 0 Å². The molecule has 0 aliphatic heterocycles. The lowest BCUT2D eigenvalue weighted by Crippen LogP contribution is -2.29. The summed E-state index contributed by atoms with van der Waals surface area (Å²) in [5, 5.41) is 5.37. The normalized spacial score (nSPS) is 9.88. The van der Waals surface area contributed by atoms with Crippen molar-refractivity contribution in [2.45, 2.75) is 25.7 Å². The first-order valence-electron chi connectivity index (χ1n) is 5.64. The molecule has 0 aromatic carbocycles. The number of amides is 2. The number of nitrogens with two attached hydrogens (primary N) is 2. The van der Waals surface area contributed by atoms with Crippen LogP contribution in [0.2, 0.25) is 0 Å². The number of carbonyl (C=O) groups is 2. The molecule has 0 unspecified atom stereocenters. The molecule has 0 bridgehead atoms. The number of rotatable bonds is 9. The third-order valence-electron chi connectivity index (χ3n) is 1.99. The van der Waals surface area contributed by atoms with Crippen LogP contribution in [0.15, 0.2) is 0 Å². The highest BCUT2D eigenvalue weighted by Gasteiger charge is 2.05. The highest BCUT2D eigenvalue weighted by Crippen LogP contribution is 1.89. The SMILES string of the molecule is NCCCNC(=O)CCC(=O)NCCCN. The van der Waals surface area contributed by atoms with E-state index in [4.69, 9.17) is 11.5 Å². The number of nitrogens with one attached hydrogen (secondary N) is 2. The van der Waals surface area contributed by atoms with E-state index < -0.39 is 0 Å². The summed E-state index contributed by atoms with van der Waals surface area (Å²) in [6.45, 7) is 2.26. The van der Waals surface area contributed by atoms with Crippen LogP contribution in [0.1, 0.15) is 25.7 Å². The van der Waals surface area contributed by atoms with Crippen LogP contribution in [-0.4, -0.2) is 38.0 Å². The molecular formula is C10H22N4O2. The van der Waals surface area contributed by atoms with Gasteiger partial charge >= 0.3 is 0 Å². The maximum absolute atomic E-state index is 11.2. The Balaban J connectivity index is 3.40. The number of hydrogen-bond acceptors (Lipinski definition) is 4. The van der Waals surface area contributed by atoms with Gasteiger partial charge in [-0.3, -0.25) is 9.59 Å². The van der Waals surface area contributed by atoms with Gasteiger partial charge in [-0.1, -0.05) is 0 Å². The van der Waals surface area contributed by atoms with Crippen molar-refractivity contribution in [2.24, 2.45) is 11.5 Å². The van der Waals surface area contributed by atoms with Crippen LogP contribution < -0.4 is 22.1 Å². The maximum Gasteiger partial charge on any atom is 0.220 e. The highest BCUT2D eigenvalue weighted by molar-refractivity contribution is 5.83. The van der Waals surface area contributed by atoms with E-state index in [1.54, 1.807) is 0 Å². The summed E-state index contributed by atoms with van der Waals surface area (Å²) in [5.41, 5.74) is 10.6. The lowest BCUT2D eigenvalue weighted by Gasteiger charge is -2.05. The fraction of sp³-hybridized carbons (Fsp3) is 0.800. The van der Waals surface area contributed by atoms with Crippen molar-refractivity contribution in [1.82, 2.24) is 10.6 Å². The largest absolute Gasteiger partial charge is 0.356 e. The van der Waals surface area contributed by atoms with Crippen LogP contribution in [0.4, 0.5) is 0 Å². The minimum absolute atomic E-state index is 0.109. The van der Waals surface area contributed by atoms with Crippen molar-refractivity contribution in [1.29, 1.82) is 0 Å². The molecule has 6 N–H and O–H groups in total. The monoisotopic (exact) mass is 230 g/mol. The molecule has 6 heteroatoms. The molecule has 0 saturated carbocycles. The molecule has 0 aliphatic carbocycles. The van der Waals surface area contributed by atoms with E-state index in [1.165, 1.54) is 0 Å². The summed E-state index contributed by atoms with van der Waals surface area (Å²) in [6, 6.07) is 0. The molecule has 0 radical (unpaired) electrons. The summed E-state index contributed by atoms with van der Waals surface area (Å²) >= 11 is 0. The van der Waals surface area contributed by atoms with Gasteiger partial charge in [0, 0.05) is 25.9 Å². The van der Waals surface area contributed by atoms with E-state index in [-0.39, 0.29) is 24.7 Å². The average Bonchev–Trinajstić information content (AvgIpc) is 2.27. The molecule has 0 fully saturated rings. The first-order valence-corrected chi connectivity index (χ1v) is 5.64. The molecule has 6 nitrogen and oxygen atoms in total. The zero-order valence-corrected chi connectivity index (χ0v) is 9.63. The highest BCUT2D eigenvalue weighted by atomic mass is 16.2. The maximum atomic E-state index is 11.2. The first-order chi connectivity index (χ1) is 7.70. The lowest BCUT2D eigenvalue weighted by molar-refractivity contribution is -0.126. The van der Waals surface area contributed by atoms with Gasteiger partial charge < -0.3 is 22.1 Å². The Kier molecular flexibility index (Phi) is 9.64. The zero-order chi connectivity index (χ0) is 12.2. The van der Waals surface area contributed by atoms with Crippen molar-refractivity contribution in [3.05, 3.63) is 0 Å². The molecule has 0 heterocycles. The van der Waals surface area contributed by atoms with Crippen LogP contribution in [0.3, 0.4) is 0 Å². The summed E-state index contributed by atoms with van der Waals surface area (Å²) in [6.07, 6.45) is 1.96. The van der Waals surface area contributed by atoms with Gasteiger partial charge in [0.25, 0.3) is 0 Å². The Morgan fingerprint density at radius 2 is 1.19 bits per heavy atom. The molecule has 94 valence electrons. The van der Waals surface area contributed by atoms with Crippen molar-refractivity contribution in [3.8, 4) is 0 Å². The molecule has 0 rings (SSSR count). The standard InChI is InChI=1S/C10H22N4O2/c11-5-1-7-13-9(15)3-4-10(16)14-8-2-6-12/h1-8,11-12H2,(H,13,15)(H,14,16). The van der Waals surface area contributed by atoms with Gasteiger partial charge in [-0.15, -0.1) is 0 Å². The van der Waals surface area contributed by atoms with Crippen molar-refractivity contribution in [2.75, 3.05) is 26.2 Å². The third-order valence-corrected chi connectivity index (χ3v) is 1.99. The van der Waals surface area contributed by atoms with Crippen LogP contribution in [-0.2, 0) is 9.59 Å². The molecule has 0 aromatic rings. The van der Waals surface area contributed by atoms with Crippen molar-refractivity contribution in [3.63, 3.8) is 0 Å². The fourth-order valence-corrected chi connectivity index (χ4v) is 1.06. The third kappa shape index (κ3) is 9.42. The van der Waals surface area contributed by atoms with E-state index in [1.807, 2.05) is 0 Å². The van der Waals surface area contributed by atoms with Gasteiger partial charge in [0.05, 0.1) is 0 Å². The second-order valence-corrected chi connectivity index (χ2v) is 3.48. The fourth-order valence-electron chi connectivity index (χ4n) is 1.06. The Morgan fingerprint density at radius 3 is 1.50 bits per heavy atom. The van der Waals surface area contributed by atoms with Crippen molar-refractivity contribution < 1.29 is 9.59 Å². The molecule has 0 spiro atoms. The van der Waals surface area contributed by atoms with E-state index in [2.05, 4.69) is 10.6 Å². The quantitative estimate of drug-likeness (QED) is 0.369. The molecule has 0 saturated heterocycles. The first kappa shape index (κ1) is 14.9. The summed E-state index contributed by atoms with van der Waals surface area (Å²) in [7, 11) is 0. The van der Waals surface area contributed by atoms with Crippen molar-refractivity contribution >= 4 is 11.8 Å². The zero-order valence-electron chi connectivity index (χ0n) is 9.63. The second-order valence-electron chi connectivity index (χ2n) is 3.48. The summed E-state index contributed by atoms with van der Waals surface area (Å²) in [4.78, 5) is 22.4. The molecule has 0 aliphatic rings. The van der Waals surface area contributed by atoms with E-state index in [9.17, 15) is 9.59 Å². The Bertz CT molecular complexity index is 187. The topological polar surface area (TPSA) is 110 Å². The van der Waals surface area contributed by atoms with Crippen LogP contribution >= 0.6 is 0 Å². The molecule has 0 aromatic heterocycles. The van der Waals surface area contributed by atoms with Gasteiger partial charge in [0.15, 0.2) is 0 Å². The van der Waals surface area contributed by atoms with E-state index in [0.717, 1.165) is 12.8 Å². The predicted octanol–water partition coefficient (Wildman–Crippen LogP) is -1.30. The number of hydrogen-bond donors (Lipinski definition) is 4. The molecule has 16 heavy (non-hydrogen) atoms. The van der Waals surface area contributed by atoms with Gasteiger partial charge in [0.2, 0.25) is 11.8 Å². The summed E-state index contributed by atoms with van der Waals surface area (Å²) < 4.78 is 0. The van der Waals surface area contributed by atoms with Gasteiger partial charge in [0.1, 0.15) is 0 Å². The van der Waals surface area contributed by atoms with Crippen LogP contribution in [0.5, 0.6) is 0 Å². The smallest absolute Gasteiger partial charge is 0.220 e. The van der Waals surface area contributed by atoms with Gasteiger partial charge in [-0.2, -0.15) is 0 Å². The average molecular weight is 230 g/mol. The lowest BCUT2D eigenvalue weighted by atomic mass is 10.2. The van der Waals surface area contributed by atoms with E-state index in [0.29, 0.717) is 26.2 Å². The Labute approximate surface area is 96.1 Å². The Hall–Kier alpha value is -1.14. The minimum atomic E-state index is -0.109. The van der Waals surface area contributed by atoms with Gasteiger partial charge in [-0.05, 0) is 25.9 Å². The molecule has 0 atom stereocenters. The van der Waals surface area contributed by atoms with Crippen LogP contribution in [0.25, 0.3) is 0 Å². The van der Waals surface area contributed by atoms with E-state index >= 15 is 0 Å². The Morgan fingerprint density at radius 1 is 0.812 bits per heavy atom. The second kappa shape index (κ2) is 10.4. The predicted molar refractivity (Wildman–Crippen MR) is 62.6 cm³/mol. The van der Waals surface area contributed by atoms with Crippen LogP contribution in [0, 0.1) is 0 Å². The minimum Gasteiger partial charge on any atom is -0.356 e.